The summed E-state index contributed by atoms with van der Waals surface area (Å²) in [5.41, 5.74) is 0.386. The van der Waals surface area contributed by atoms with E-state index in [1.54, 1.807) is 29.2 Å². The van der Waals surface area contributed by atoms with Gasteiger partial charge in [0.2, 0.25) is 11.8 Å². The number of likely N-dealkylation sites (tertiary alicyclic amines) is 1. The minimum Gasteiger partial charge on any atom is -0.389 e. The van der Waals surface area contributed by atoms with E-state index < -0.39 is 5.60 Å². The standard InChI is InChI=1S/C20H23N3O3/c21-12-15-2-4-16(5-3-15)23-14-19(10-18(23)25)8-9-22(13-19)17(24)11-20(26)6-1-7-20/h2-5,26H,1,6-11,13-14H2. The Bertz CT molecular complexity index is 778. The molecule has 0 radical (unpaired) electrons. The Morgan fingerprint density at radius 1 is 1.19 bits per heavy atom. The van der Waals surface area contributed by atoms with Crippen LogP contribution in [0.15, 0.2) is 24.3 Å². The number of hydrogen-bond donors (Lipinski definition) is 1. The Morgan fingerprint density at radius 3 is 2.54 bits per heavy atom. The highest BCUT2D eigenvalue weighted by Gasteiger charge is 2.49. The molecule has 4 rings (SSSR count). The lowest BCUT2D eigenvalue weighted by Gasteiger charge is -2.37. The van der Waals surface area contributed by atoms with Crippen LogP contribution in [0.25, 0.3) is 0 Å². The lowest BCUT2D eigenvalue weighted by Crippen LogP contribution is -2.43. The highest BCUT2D eigenvalue weighted by Crippen LogP contribution is 2.43. The summed E-state index contributed by atoms with van der Waals surface area (Å²) in [5.74, 6) is 0.0787. The van der Waals surface area contributed by atoms with Crippen LogP contribution in [0.3, 0.4) is 0 Å². The zero-order chi connectivity index (χ0) is 18.4. The summed E-state index contributed by atoms with van der Waals surface area (Å²) in [4.78, 5) is 28.7. The van der Waals surface area contributed by atoms with Gasteiger partial charge in [-0.05, 0) is 49.9 Å². The van der Waals surface area contributed by atoms with Gasteiger partial charge in [-0.2, -0.15) is 5.26 Å². The van der Waals surface area contributed by atoms with Crippen molar-refractivity contribution >= 4 is 17.5 Å². The molecule has 1 atom stereocenters. The second-order valence-corrected chi connectivity index (χ2v) is 8.14. The number of aliphatic hydroxyl groups is 1. The minimum atomic E-state index is -0.799. The summed E-state index contributed by atoms with van der Waals surface area (Å²) in [5, 5.41) is 19.2. The Kier molecular flexibility index (Phi) is 4.00. The van der Waals surface area contributed by atoms with E-state index >= 15 is 0 Å². The van der Waals surface area contributed by atoms with Gasteiger partial charge >= 0.3 is 0 Å². The zero-order valence-electron chi connectivity index (χ0n) is 14.8. The first kappa shape index (κ1) is 17.0. The number of nitriles is 1. The van der Waals surface area contributed by atoms with Crippen molar-refractivity contribution in [3.63, 3.8) is 0 Å². The Balaban J connectivity index is 1.43. The predicted molar refractivity (Wildman–Crippen MR) is 95.2 cm³/mol. The van der Waals surface area contributed by atoms with Gasteiger partial charge in [0.25, 0.3) is 0 Å². The van der Waals surface area contributed by atoms with Gasteiger partial charge < -0.3 is 14.9 Å². The fraction of sp³-hybridized carbons (Fsp3) is 0.550. The van der Waals surface area contributed by atoms with E-state index in [1.165, 1.54) is 0 Å². The highest BCUT2D eigenvalue weighted by molar-refractivity contribution is 5.96. The number of nitrogens with zero attached hydrogens (tertiary/aromatic N) is 3. The molecular weight excluding hydrogens is 330 g/mol. The number of rotatable bonds is 3. The van der Waals surface area contributed by atoms with Gasteiger partial charge in [0.1, 0.15) is 0 Å². The van der Waals surface area contributed by atoms with Crippen LogP contribution < -0.4 is 4.90 Å². The first-order chi connectivity index (χ1) is 12.4. The molecule has 0 aromatic heterocycles. The van der Waals surface area contributed by atoms with Crippen molar-refractivity contribution in [1.29, 1.82) is 5.26 Å². The number of anilines is 1. The van der Waals surface area contributed by atoms with E-state index in [-0.39, 0.29) is 23.7 Å². The molecule has 2 amide bonds. The largest absolute Gasteiger partial charge is 0.389 e. The molecule has 1 aromatic carbocycles. The first-order valence-corrected chi connectivity index (χ1v) is 9.23. The number of benzene rings is 1. The first-order valence-electron chi connectivity index (χ1n) is 9.23. The van der Waals surface area contributed by atoms with Crippen LogP contribution in [0, 0.1) is 16.7 Å². The average Bonchev–Trinajstić information content (AvgIpc) is 3.17. The van der Waals surface area contributed by atoms with Crippen molar-refractivity contribution in [1.82, 2.24) is 4.90 Å². The molecule has 1 aliphatic carbocycles. The summed E-state index contributed by atoms with van der Waals surface area (Å²) < 4.78 is 0. The number of carbonyl (C=O) groups excluding carboxylic acids is 2. The molecule has 26 heavy (non-hydrogen) atoms. The van der Waals surface area contributed by atoms with Crippen molar-refractivity contribution in [3.05, 3.63) is 29.8 Å². The summed E-state index contributed by atoms with van der Waals surface area (Å²) in [7, 11) is 0. The van der Waals surface area contributed by atoms with E-state index in [0.717, 1.165) is 18.5 Å². The number of hydrogen-bond acceptors (Lipinski definition) is 4. The zero-order valence-corrected chi connectivity index (χ0v) is 14.8. The number of carbonyl (C=O) groups is 2. The maximum absolute atomic E-state index is 12.6. The molecule has 6 heteroatoms. The van der Waals surface area contributed by atoms with E-state index in [1.807, 2.05) is 4.90 Å². The van der Waals surface area contributed by atoms with E-state index in [0.29, 0.717) is 44.5 Å². The Labute approximate surface area is 153 Å². The van der Waals surface area contributed by atoms with Crippen LogP contribution in [0.4, 0.5) is 5.69 Å². The van der Waals surface area contributed by atoms with Crippen LogP contribution in [0.5, 0.6) is 0 Å². The van der Waals surface area contributed by atoms with E-state index in [4.69, 9.17) is 5.26 Å². The predicted octanol–water partition coefficient (Wildman–Crippen LogP) is 1.82. The van der Waals surface area contributed by atoms with Gasteiger partial charge in [0.15, 0.2) is 0 Å². The molecule has 1 unspecified atom stereocenters. The van der Waals surface area contributed by atoms with Gasteiger partial charge in [-0.3, -0.25) is 9.59 Å². The molecule has 6 nitrogen and oxygen atoms in total. The van der Waals surface area contributed by atoms with Crippen molar-refractivity contribution in [2.45, 2.75) is 44.1 Å². The fourth-order valence-electron chi connectivity index (χ4n) is 4.42. The van der Waals surface area contributed by atoms with E-state index in [2.05, 4.69) is 6.07 Å². The lowest BCUT2D eigenvalue weighted by molar-refractivity contribution is -0.139. The third-order valence-corrected chi connectivity index (χ3v) is 6.18. The summed E-state index contributed by atoms with van der Waals surface area (Å²) in [6.07, 6.45) is 3.88. The number of amides is 2. The maximum atomic E-state index is 12.6. The molecule has 2 heterocycles. The van der Waals surface area contributed by atoms with Crippen LogP contribution in [-0.2, 0) is 9.59 Å². The van der Waals surface area contributed by atoms with Gasteiger partial charge in [-0.1, -0.05) is 0 Å². The Hall–Kier alpha value is -2.39. The quantitative estimate of drug-likeness (QED) is 0.898. The third-order valence-electron chi connectivity index (χ3n) is 6.18. The van der Waals surface area contributed by atoms with Gasteiger partial charge in [0.05, 0.1) is 23.7 Å². The monoisotopic (exact) mass is 353 g/mol. The molecule has 1 aromatic rings. The average molecular weight is 353 g/mol. The van der Waals surface area contributed by atoms with Crippen LogP contribution in [0.1, 0.15) is 44.1 Å². The SMILES string of the molecule is N#Cc1ccc(N2CC3(CCN(C(=O)CC4(O)CCC4)C3)CC2=O)cc1. The van der Waals surface area contributed by atoms with Gasteiger partial charge in [-0.15, -0.1) is 0 Å². The molecule has 1 N–H and O–H groups in total. The smallest absolute Gasteiger partial charge is 0.227 e. The van der Waals surface area contributed by atoms with Crippen molar-refractivity contribution in [3.8, 4) is 6.07 Å². The van der Waals surface area contributed by atoms with Crippen molar-refractivity contribution in [2.75, 3.05) is 24.5 Å². The molecular formula is C20H23N3O3. The highest BCUT2D eigenvalue weighted by atomic mass is 16.3. The molecule has 3 aliphatic rings. The van der Waals surface area contributed by atoms with Crippen LogP contribution >= 0.6 is 0 Å². The van der Waals surface area contributed by atoms with Crippen LogP contribution in [-0.4, -0.2) is 47.1 Å². The third kappa shape index (κ3) is 2.97. The molecule has 1 spiro atoms. The topological polar surface area (TPSA) is 84.6 Å². The molecule has 0 bridgehead atoms. The van der Waals surface area contributed by atoms with Crippen molar-refractivity contribution in [2.24, 2.45) is 5.41 Å². The lowest BCUT2D eigenvalue weighted by atomic mass is 9.77. The molecule has 3 fully saturated rings. The maximum Gasteiger partial charge on any atom is 0.227 e. The van der Waals surface area contributed by atoms with Crippen LogP contribution in [0.2, 0.25) is 0 Å². The van der Waals surface area contributed by atoms with Crippen molar-refractivity contribution < 1.29 is 14.7 Å². The molecule has 136 valence electrons. The molecule has 2 saturated heterocycles. The van der Waals surface area contributed by atoms with E-state index in [9.17, 15) is 14.7 Å². The Morgan fingerprint density at radius 2 is 1.92 bits per heavy atom. The normalized spacial score (nSPS) is 26.8. The second-order valence-electron chi connectivity index (χ2n) is 8.14. The second kappa shape index (κ2) is 6.10. The molecule has 2 aliphatic heterocycles. The summed E-state index contributed by atoms with van der Waals surface area (Å²) in [6, 6.07) is 9.13. The fourth-order valence-corrected chi connectivity index (χ4v) is 4.42. The minimum absolute atomic E-state index is 0.00773. The summed E-state index contributed by atoms with van der Waals surface area (Å²) >= 11 is 0. The van der Waals surface area contributed by atoms with Gasteiger partial charge in [-0.25, -0.2) is 0 Å². The summed E-state index contributed by atoms with van der Waals surface area (Å²) in [6.45, 7) is 1.84. The van der Waals surface area contributed by atoms with Gasteiger partial charge in [0, 0.05) is 37.2 Å². The molecule has 1 saturated carbocycles.